The van der Waals surface area contributed by atoms with Gasteiger partial charge in [0, 0.05) is 10.7 Å². The van der Waals surface area contributed by atoms with E-state index in [2.05, 4.69) is 5.48 Å². The largest absolute Gasteiger partial charge is 0.398 e. The number of nitrogens with two attached hydrogens (primary N) is 1. The molecule has 1 aromatic rings. The van der Waals surface area contributed by atoms with Gasteiger partial charge in [-0.15, -0.1) is 0 Å². The molecule has 4 nitrogen and oxygen atoms in total. The Morgan fingerprint density at radius 1 is 1.64 bits per heavy atom. The third-order valence-corrected chi connectivity index (χ3v) is 1.80. The maximum absolute atomic E-state index is 11.4. The standard InChI is InChI=1S/C9H11ClN2O2/c1-2-14-12-9(13)7-4-3-6(10)5-8(7)11/h3-5H,2,11H2,1H3,(H,12,13). The Hall–Kier alpha value is -1.26. The van der Waals surface area contributed by atoms with Crippen LogP contribution >= 0.6 is 11.6 Å². The van der Waals surface area contributed by atoms with Gasteiger partial charge in [-0.05, 0) is 25.1 Å². The molecule has 76 valence electrons. The molecular formula is C9H11ClN2O2. The molecule has 1 amide bonds. The predicted molar refractivity (Wildman–Crippen MR) is 55.0 cm³/mol. The summed E-state index contributed by atoms with van der Waals surface area (Å²) in [4.78, 5) is 16.1. The minimum Gasteiger partial charge on any atom is -0.398 e. The molecule has 0 aliphatic heterocycles. The Balaban J connectivity index is 2.80. The fourth-order valence-electron chi connectivity index (χ4n) is 0.933. The molecule has 0 saturated heterocycles. The summed E-state index contributed by atoms with van der Waals surface area (Å²) >= 11 is 5.68. The molecule has 0 atom stereocenters. The molecule has 0 saturated carbocycles. The van der Waals surface area contributed by atoms with Gasteiger partial charge in [-0.25, -0.2) is 5.48 Å². The second kappa shape index (κ2) is 4.83. The Labute approximate surface area is 86.9 Å². The summed E-state index contributed by atoms with van der Waals surface area (Å²) in [7, 11) is 0. The molecule has 0 aliphatic carbocycles. The number of anilines is 1. The zero-order valence-corrected chi connectivity index (χ0v) is 8.47. The van der Waals surface area contributed by atoms with Crippen molar-refractivity contribution < 1.29 is 9.63 Å². The lowest BCUT2D eigenvalue weighted by Crippen LogP contribution is -2.24. The summed E-state index contributed by atoms with van der Waals surface area (Å²) < 4.78 is 0. The van der Waals surface area contributed by atoms with Crippen LogP contribution in [0.5, 0.6) is 0 Å². The SMILES string of the molecule is CCONC(=O)c1ccc(Cl)cc1N. The lowest BCUT2D eigenvalue weighted by Gasteiger charge is -2.06. The first kappa shape index (κ1) is 10.8. The van der Waals surface area contributed by atoms with Crippen molar-refractivity contribution in [1.82, 2.24) is 5.48 Å². The monoisotopic (exact) mass is 214 g/mol. The molecule has 0 radical (unpaired) electrons. The number of halogens is 1. The van der Waals surface area contributed by atoms with Crippen LogP contribution in [0.2, 0.25) is 5.02 Å². The van der Waals surface area contributed by atoms with Gasteiger partial charge in [0.15, 0.2) is 0 Å². The molecule has 0 unspecified atom stereocenters. The molecular weight excluding hydrogens is 204 g/mol. The first-order valence-corrected chi connectivity index (χ1v) is 4.50. The quantitative estimate of drug-likeness (QED) is 0.594. The van der Waals surface area contributed by atoms with Gasteiger partial charge < -0.3 is 5.73 Å². The minimum atomic E-state index is -0.374. The average Bonchev–Trinajstić information content (AvgIpc) is 2.14. The highest BCUT2D eigenvalue weighted by molar-refractivity contribution is 6.31. The zero-order chi connectivity index (χ0) is 10.6. The van der Waals surface area contributed by atoms with E-state index in [9.17, 15) is 4.79 Å². The number of nitrogen functional groups attached to an aromatic ring is 1. The highest BCUT2D eigenvalue weighted by Gasteiger charge is 2.09. The van der Waals surface area contributed by atoms with E-state index >= 15 is 0 Å². The van der Waals surface area contributed by atoms with Gasteiger partial charge in [0.2, 0.25) is 0 Å². The van der Waals surface area contributed by atoms with E-state index in [-0.39, 0.29) is 5.91 Å². The number of hydrogen-bond donors (Lipinski definition) is 2. The molecule has 1 rings (SSSR count). The fraction of sp³-hybridized carbons (Fsp3) is 0.222. The first-order chi connectivity index (χ1) is 6.65. The molecule has 0 bridgehead atoms. The third kappa shape index (κ3) is 2.61. The van der Waals surface area contributed by atoms with Gasteiger partial charge in [-0.1, -0.05) is 11.6 Å². The molecule has 0 aromatic heterocycles. The second-order valence-corrected chi connectivity index (χ2v) is 3.03. The molecule has 0 heterocycles. The third-order valence-electron chi connectivity index (χ3n) is 1.57. The summed E-state index contributed by atoms with van der Waals surface area (Å²) in [6.45, 7) is 2.17. The number of rotatable bonds is 3. The van der Waals surface area contributed by atoms with E-state index in [4.69, 9.17) is 22.2 Å². The van der Waals surface area contributed by atoms with Crippen molar-refractivity contribution in [3.05, 3.63) is 28.8 Å². The van der Waals surface area contributed by atoms with Gasteiger partial charge in [-0.2, -0.15) is 0 Å². The molecule has 3 N–H and O–H groups in total. The van der Waals surface area contributed by atoms with E-state index in [1.165, 1.54) is 6.07 Å². The number of amides is 1. The van der Waals surface area contributed by atoms with Gasteiger partial charge in [-0.3, -0.25) is 9.63 Å². The molecule has 0 fully saturated rings. The van der Waals surface area contributed by atoms with Crippen molar-refractivity contribution in [2.75, 3.05) is 12.3 Å². The maximum atomic E-state index is 11.4. The summed E-state index contributed by atoms with van der Waals surface area (Å²) in [6, 6.07) is 4.66. The molecule has 0 spiro atoms. The summed E-state index contributed by atoms with van der Waals surface area (Å²) in [5, 5.41) is 0.496. The van der Waals surface area contributed by atoms with E-state index < -0.39 is 0 Å². The van der Waals surface area contributed by atoms with Crippen molar-refractivity contribution in [3.8, 4) is 0 Å². The molecule has 1 aromatic carbocycles. The van der Waals surface area contributed by atoms with Crippen LogP contribution in [0.3, 0.4) is 0 Å². The normalized spacial score (nSPS) is 9.86. The van der Waals surface area contributed by atoms with Gasteiger partial charge in [0.05, 0.1) is 12.2 Å². The smallest absolute Gasteiger partial charge is 0.276 e. The maximum Gasteiger partial charge on any atom is 0.276 e. The highest BCUT2D eigenvalue weighted by Crippen LogP contribution is 2.17. The number of hydroxylamine groups is 1. The van der Waals surface area contributed by atoms with Gasteiger partial charge in [0.25, 0.3) is 5.91 Å². The Morgan fingerprint density at radius 3 is 2.93 bits per heavy atom. The Bertz CT molecular complexity index is 342. The summed E-state index contributed by atoms with van der Waals surface area (Å²) in [6.07, 6.45) is 0. The highest BCUT2D eigenvalue weighted by atomic mass is 35.5. The van der Waals surface area contributed by atoms with Crippen molar-refractivity contribution in [2.45, 2.75) is 6.92 Å². The fourth-order valence-corrected chi connectivity index (χ4v) is 1.11. The van der Waals surface area contributed by atoms with Crippen LogP contribution in [0.25, 0.3) is 0 Å². The van der Waals surface area contributed by atoms with Crippen LogP contribution in [0.4, 0.5) is 5.69 Å². The second-order valence-electron chi connectivity index (χ2n) is 2.60. The Morgan fingerprint density at radius 2 is 2.36 bits per heavy atom. The van der Waals surface area contributed by atoms with Crippen molar-refractivity contribution in [1.29, 1.82) is 0 Å². The number of carbonyl (C=O) groups is 1. The molecule has 5 heteroatoms. The molecule has 0 aliphatic rings. The van der Waals surface area contributed by atoms with Crippen LogP contribution in [-0.4, -0.2) is 12.5 Å². The van der Waals surface area contributed by atoms with Crippen LogP contribution in [-0.2, 0) is 4.84 Å². The number of carbonyl (C=O) groups excluding carboxylic acids is 1. The van der Waals surface area contributed by atoms with Crippen LogP contribution < -0.4 is 11.2 Å². The van der Waals surface area contributed by atoms with E-state index in [0.29, 0.717) is 22.9 Å². The van der Waals surface area contributed by atoms with Crippen LogP contribution in [0.1, 0.15) is 17.3 Å². The topological polar surface area (TPSA) is 64.3 Å². The average molecular weight is 215 g/mol. The van der Waals surface area contributed by atoms with Crippen molar-refractivity contribution >= 4 is 23.2 Å². The lowest BCUT2D eigenvalue weighted by molar-refractivity contribution is 0.0365. The van der Waals surface area contributed by atoms with Crippen molar-refractivity contribution in [3.63, 3.8) is 0 Å². The summed E-state index contributed by atoms with van der Waals surface area (Å²) in [5.41, 5.74) is 8.52. The van der Waals surface area contributed by atoms with E-state index in [1.54, 1.807) is 19.1 Å². The summed E-state index contributed by atoms with van der Waals surface area (Å²) in [5.74, 6) is -0.374. The first-order valence-electron chi connectivity index (χ1n) is 4.12. The van der Waals surface area contributed by atoms with Gasteiger partial charge >= 0.3 is 0 Å². The Kier molecular flexibility index (Phi) is 3.73. The van der Waals surface area contributed by atoms with Gasteiger partial charge in [0.1, 0.15) is 0 Å². The number of benzene rings is 1. The van der Waals surface area contributed by atoms with Crippen molar-refractivity contribution in [2.24, 2.45) is 0 Å². The van der Waals surface area contributed by atoms with E-state index in [0.717, 1.165) is 0 Å². The predicted octanol–water partition coefficient (Wildman–Crippen LogP) is 1.60. The lowest BCUT2D eigenvalue weighted by atomic mass is 10.2. The minimum absolute atomic E-state index is 0.328. The zero-order valence-electron chi connectivity index (χ0n) is 7.71. The number of hydrogen-bond acceptors (Lipinski definition) is 3. The molecule has 14 heavy (non-hydrogen) atoms. The number of nitrogens with one attached hydrogen (secondary N) is 1. The van der Waals surface area contributed by atoms with Crippen LogP contribution in [0, 0.1) is 0 Å². The van der Waals surface area contributed by atoms with E-state index in [1.807, 2.05) is 0 Å². The van der Waals surface area contributed by atoms with Crippen LogP contribution in [0.15, 0.2) is 18.2 Å².